The Hall–Kier alpha value is -3.47. The number of nitrogens with zero attached hydrogens (tertiary/aromatic N) is 3. The lowest BCUT2D eigenvalue weighted by atomic mass is 9.70. The summed E-state index contributed by atoms with van der Waals surface area (Å²) >= 11 is 3.75. The minimum absolute atomic E-state index is 0.0562. The van der Waals surface area contributed by atoms with Gasteiger partial charge in [0.25, 0.3) is 5.91 Å². The van der Waals surface area contributed by atoms with Crippen molar-refractivity contribution in [1.29, 1.82) is 0 Å². The first-order valence-electron chi connectivity index (χ1n) is 15.0. The van der Waals surface area contributed by atoms with E-state index in [0.29, 0.717) is 24.5 Å². The first-order valence-corrected chi connectivity index (χ1v) is 15.9. The van der Waals surface area contributed by atoms with E-state index in [9.17, 15) is 19.5 Å². The molecule has 3 saturated heterocycles. The van der Waals surface area contributed by atoms with Gasteiger partial charge in [-0.1, -0.05) is 46.3 Å². The highest BCUT2D eigenvalue weighted by Crippen LogP contribution is 2.60. The summed E-state index contributed by atoms with van der Waals surface area (Å²) in [7, 11) is 0. The van der Waals surface area contributed by atoms with Gasteiger partial charge in [-0.25, -0.2) is 0 Å². The minimum atomic E-state index is -1.25. The molecule has 5 rings (SSSR count). The molecule has 2 aromatic carbocycles. The molecule has 0 aliphatic carbocycles. The lowest BCUT2D eigenvalue weighted by molar-refractivity contribution is -0.141. The maximum atomic E-state index is 14.7. The standard InChI is InChI=1S/C34H40BrN3O6/c1-6-16-36(23-12-14-24(15-13-23)43-8-3)31(40)26-27-32(41)38(18-19-39)30(34(27)20-25(35)29(26)44-34)33(42)37(17-7-2)28-21(4)10-9-11-22(28)5/h6-7,9-15,25-27,29-30,39H,1-2,8,16-20H2,3-5H3/t25?,26-,27+,29-,30?,34?/m1/s1. The Morgan fingerprint density at radius 2 is 1.73 bits per heavy atom. The van der Waals surface area contributed by atoms with Crippen molar-refractivity contribution in [3.05, 3.63) is 78.9 Å². The molecule has 0 aromatic heterocycles. The molecule has 2 aromatic rings. The summed E-state index contributed by atoms with van der Waals surface area (Å²) < 4.78 is 12.3. The van der Waals surface area contributed by atoms with Gasteiger partial charge < -0.3 is 29.3 Å². The van der Waals surface area contributed by atoms with Crippen LogP contribution in [0.4, 0.5) is 11.4 Å². The van der Waals surface area contributed by atoms with Gasteiger partial charge in [0.15, 0.2) is 0 Å². The minimum Gasteiger partial charge on any atom is -0.494 e. The predicted octanol–water partition coefficient (Wildman–Crippen LogP) is 4.18. The average molecular weight is 667 g/mol. The quantitative estimate of drug-likeness (QED) is 0.270. The molecule has 0 saturated carbocycles. The second-order valence-corrected chi connectivity index (χ2v) is 12.7. The molecular formula is C34H40BrN3O6. The number of rotatable bonds is 12. The van der Waals surface area contributed by atoms with Gasteiger partial charge in [0.05, 0.1) is 31.2 Å². The fraction of sp³-hybridized carbons (Fsp3) is 0.441. The smallest absolute Gasteiger partial charge is 0.253 e. The van der Waals surface area contributed by atoms with Crippen LogP contribution in [-0.4, -0.2) is 83.2 Å². The molecule has 2 bridgehead atoms. The molecule has 3 aliphatic heterocycles. The first kappa shape index (κ1) is 31.9. The van der Waals surface area contributed by atoms with E-state index in [1.54, 1.807) is 46.2 Å². The van der Waals surface area contributed by atoms with Gasteiger partial charge in [0.2, 0.25) is 11.8 Å². The van der Waals surface area contributed by atoms with Gasteiger partial charge in [-0.15, -0.1) is 13.2 Å². The lowest BCUT2D eigenvalue weighted by Gasteiger charge is -2.38. The van der Waals surface area contributed by atoms with Crippen molar-refractivity contribution in [2.24, 2.45) is 11.8 Å². The monoisotopic (exact) mass is 665 g/mol. The van der Waals surface area contributed by atoms with E-state index in [2.05, 4.69) is 29.1 Å². The van der Waals surface area contributed by atoms with Gasteiger partial charge in [0.1, 0.15) is 17.4 Å². The normalized spacial score (nSPS) is 26.8. The van der Waals surface area contributed by atoms with Crippen LogP contribution in [0.15, 0.2) is 67.8 Å². The first-order chi connectivity index (χ1) is 21.1. The van der Waals surface area contributed by atoms with Gasteiger partial charge in [-0.3, -0.25) is 14.4 Å². The number of aliphatic hydroxyl groups is 1. The highest BCUT2D eigenvalue weighted by molar-refractivity contribution is 9.09. The molecule has 3 fully saturated rings. The molecule has 3 heterocycles. The zero-order chi connectivity index (χ0) is 31.8. The number of amides is 3. The number of fused-ring (bicyclic) bond motifs is 1. The highest BCUT2D eigenvalue weighted by Gasteiger charge is 2.77. The topological polar surface area (TPSA) is 99.6 Å². The fourth-order valence-electron chi connectivity index (χ4n) is 7.36. The number of aryl methyl sites for hydroxylation is 2. The maximum absolute atomic E-state index is 14.7. The summed E-state index contributed by atoms with van der Waals surface area (Å²) in [6, 6.07) is 12.0. The van der Waals surface area contributed by atoms with Crippen LogP contribution in [0, 0.1) is 25.7 Å². The van der Waals surface area contributed by atoms with Crippen LogP contribution in [0.1, 0.15) is 24.5 Å². The third-order valence-corrected chi connectivity index (χ3v) is 9.82. The molecule has 3 unspecified atom stereocenters. The number of β-amino-alcohol motifs (C(OH)–C–C–N with tert-alkyl or cyclic N) is 1. The van der Waals surface area contributed by atoms with Crippen LogP contribution in [-0.2, 0) is 19.1 Å². The van der Waals surface area contributed by atoms with Crippen LogP contribution in [0.2, 0.25) is 0 Å². The van der Waals surface area contributed by atoms with Crippen molar-refractivity contribution in [2.75, 3.05) is 42.6 Å². The summed E-state index contributed by atoms with van der Waals surface area (Å²) in [6.45, 7) is 14.1. The number of para-hydroxylation sites is 1. The Morgan fingerprint density at radius 3 is 2.32 bits per heavy atom. The second kappa shape index (κ2) is 12.9. The average Bonchev–Trinajstić information content (AvgIpc) is 3.59. The van der Waals surface area contributed by atoms with E-state index in [1.165, 1.54) is 4.90 Å². The van der Waals surface area contributed by atoms with Gasteiger partial charge in [-0.2, -0.15) is 0 Å². The second-order valence-electron chi connectivity index (χ2n) is 11.6. The van der Waals surface area contributed by atoms with Crippen LogP contribution < -0.4 is 14.5 Å². The van der Waals surface area contributed by atoms with Crippen molar-refractivity contribution in [1.82, 2.24) is 4.90 Å². The van der Waals surface area contributed by atoms with Crippen molar-refractivity contribution in [3.8, 4) is 5.75 Å². The zero-order valence-electron chi connectivity index (χ0n) is 25.4. The van der Waals surface area contributed by atoms with Crippen molar-refractivity contribution >= 4 is 45.0 Å². The number of hydrogen-bond acceptors (Lipinski definition) is 6. The van der Waals surface area contributed by atoms with Crippen molar-refractivity contribution < 1.29 is 29.0 Å². The van der Waals surface area contributed by atoms with E-state index in [1.807, 2.05) is 39.0 Å². The fourth-order valence-corrected chi connectivity index (χ4v) is 8.30. The summed E-state index contributed by atoms with van der Waals surface area (Å²) in [5.74, 6) is -2.02. The number of benzene rings is 2. The summed E-state index contributed by atoms with van der Waals surface area (Å²) in [4.78, 5) is 47.9. The molecule has 234 valence electrons. The maximum Gasteiger partial charge on any atom is 0.253 e. The summed E-state index contributed by atoms with van der Waals surface area (Å²) in [5, 5.41) is 10.0. The van der Waals surface area contributed by atoms with E-state index >= 15 is 0 Å². The molecule has 3 amide bonds. The Morgan fingerprint density at radius 1 is 1.09 bits per heavy atom. The van der Waals surface area contributed by atoms with Crippen molar-refractivity contribution in [2.45, 2.75) is 49.8 Å². The highest BCUT2D eigenvalue weighted by atomic mass is 79.9. The van der Waals surface area contributed by atoms with Gasteiger partial charge in [-0.05, 0) is 62.6 Å². The largest absolute Gasteiger partial charge is 0.494 e. The summed E-state index contributed by atoms with van der Waals surface area (Å²) in [5.41, 5.74) is 1.95. The SMILES string of the molecule is C=CCN(C(=O)[C@H]1[C@@H]2OC3(CC2Br)C(C(=O)N(CC=C)c2c(C)cccc2C)N(CCO)C(=O)[C@H]13)c1ccc(OCC)cc1. The molecule has 10 heteroatoms. The molecule has 1 N–H and O–H groups in total. The number of aliphatic hydroxyl groups excluding tert-OH is 1. The number of likely N-dealkylation sites (tertiary alicyclic amines) is 1. The molecule has 3 aliphatic rings. The Kier molecular flexibility index (Phi) is 9.34. The number of carbonyl (C=O) groups is 3. The number of carbonyl (C=O) groups excluding carboxylic acids is 3. The van der Waals surface area contributed by atoms with E-state index < -0.39 is 29.6 Å². The van der Waals surface area contributed by atoms with Gasteiger partial charge in [0, 0.05) is 35.8 Å². The Labute approximate surface area is 267 Å². The van der Waals surface area contributed by atoms with E-state index in [4.69, 9.17) is 9.47 Å². The number of anilines is 2. The number of ether oxygens (including phenoxy) is 2. The van der Waals surface area contributed by atoms with Crippen LogP contribution in [0.3, 0.4) is 0 Å². The molecule has 9 nitrogen and oxygen atoms in total. The summed E-state index contributed by atoms with van der Waals surface area (Å²) in [6.07, 6.45) is 3.05. The van der Waals surface area contributed by atoms with Crippen LogP contribution in [0.5, 0.6) is 5.75 Å². The lowest BCUT2D eigenvalue weighted by Crippen LogP contribution is -2.57. The zero-order valence-corrected chi connectivity index (χ0v) is 27.0. The van der Waals surface area contributed by atoms with Crippen LogP contribution in [0.25, 0.3) is 0 Å². The predicted molar refractivity (Wildman–Crippen MR) is 173 cm³/mol. The molecule has 44 heavy (non-hydrogen) atoms. The Balaban J connectivity index is 1.57. The third-order valence-electron chi connectivity index (χ3n) is 8.97. The third kappa shape index (κ3) is 5.16. The van der Waals surface area contributed by atoms with Crippen molar-refractivity contribution in [3.63, 3.8) is 0 Å². The molecule has 6 atom stereocenters. The number of alkyl halides is 1. The van der Waals surface area contributed by atoms with E-state index in [0.717, 1.165) is 16.8 Å². The number of hydrogen-bond donors (Lipinski definition) is 1. The van der Waals surface area contributed by atoms with Crippen LogP contribution >= 0.6 is 15.9 Å². The molecule has 1 spiro atoms. The van der Waals surface area contributed by atoms with E-state index in [-0.39, 0.29) is 48.8 Å². The number of halogens is 1. The van der Waals surface area contributed by atoms with Gasteiger partial charge >= 0.3 is 0 Å². The molecule has 0 radical (unpaired) electrons. The Bertz CT molecular complexity index is 1430. The molecular weight excluding hydrogens is 626 g/mol.